The summed E-state index contributed by atoms with van der Waals surface area (Å²) in [5, 5.41) is 3.00. The largest absolute Gasteiger partial charge is 0.381 e. The van der Waals surface area contributed by atoms with Gasteiger partial charge in [0.25, 0.3) is 0 Å². The molecule has 0 N–H and O–H groups in total. The molecule has 21 heavy (non-hydrogen) atoms. The minimum absolute atomic E-state index is 0.667. The van der Waals surface area contributed by atoms with E-state index >= 15 is 0 Å². The zero-order chi connectivity index (χ0) is 14.5. The van der Waals surface area contributed by atoms with Crippen LogP contribution in [0.1, 0.15) is 19.0 Å². The Morgan fingerprint density at radius 3 is 2.95 bits per heavy atom. The van der Waals surface area contributed by atoms with Crippen molar-refractivity contribution in [3.63, 3.8) is 0 Å². The Balaban J connectivity index is 1.62. The van der Waals surface area contributed by atoms with Crippen molar-refractivity contribution in [2.45, 2.75) is 19.9 Å². The second-order valence-corrected chi connectivity index (χ2v) is 6.13. The lowest BCUT2D eigenvalue weighted by Crippen LogP contribution is -2.29. The fraction of sp³-hybridized carbons (Fsp3) is 0.533. The van der Waals surface area contributed by atoms with E-state index in [1.54, 1.807) is 23.7 Å². The monoisotopic (exact) mass is 304 g/mol. The molecule has 1 saturated heterocycles. The molecule has 0 unspecified atom stereocenters. The van der Waals surface area contributed by atoms with Crippen molar-refractivity contribution in [2.24, 2.45) is 5.92 Å². The van der Waals surface area contributed by atoms with Gasteiger partial charge in [-0.25, -0.2) is 15.0 Å². The number of hydrogen-bond acceptors (Lipinski definition) is 6. The summed E-state index contributed by atoms with van der Waals surface area (Å²) in [5.41, 5.74) is 1.10. The zero-order valence-electron chi connectivity index (χ0n) is 12.2. The summed E-state index contributed by atoms with van der Waals surface area (Å²) < 4.78 is 5.46. The van der Waals surface area contributed by atoms with Crippen molar-refractivity contribution in [3.8, 4) is 10.8 Å². The Morgan fingerprint density at radius 1 is 1.38 bits per heavy atom. The van der Waals surface area contributed by atoms with Gasteiger partial charge in [0.15, 0.2) is 10.8 Å². The number of thiazole rings is 1. The molecule has 5 nitrogen and oxygen atoms in total. The molecule has 0 aromatic carbocycles. The Hall–Kier alpha value is -1.37. The van der Waals surface area contributed by atoms with Crippen LogP contribution in [0.2, 0.25) is 0 Å². The second-order valence-electron chi connectivity index (χ2n) is 5.27. The van der Waals surface area contributed by atoms with Crippen molar-refractivity contribution in [2.75, 3.05) is 26.3 Å². The fourth-order valence-corrected chi connectivity index (χ4v) is 3.27. The van der Waals surface area contributed by atoms with Crippen molar-refractivity contribution in [1.29, 1.82) is 0 Å². The molecule has 2 aromatic rings. The molecule has 3 rings (SSSR count). The molecule has 1 atom stereocenters. The van der Waals surface area contributed by atoms with Crippen molar-refractivity contribution >= 4 is 11.3 Å². The Kier molecular flexibility index (Phi) is 4.90. The highest BCUT2D eigenvalue weighted by Gasteiger charge is 2.19. The van der Waals surface area contributed by atoms with Crippen LogP contribution in [0.25, 0.3) is 10.8 Å². The third-order valence-electron chi connectivity index (χ3n) is 3.68. The van der Waals surface area contributed by atoms with Crippen LogP contribution in [-0.2, 0) is 11.3 Å². The third-order valence-corrected chi connectivity index (χ3v) is 4.57. The lowest BCUT2D eigenvalue weighted by atomic mass is 10.1. The molecule has 0 saturated carbocycles. The molecular weight excluding hydrogens is 284 g/mol. The maximum Gasteiger partial charge on any atom is 0.188 e. The maximum atomic E-state index is 5.46. The van der Waals surface area contributed by atoms with Gasteiger partial charge >= 0.3 is 0 Å². The predicted molar refractivity (Wildman–Crippen MR) is 83.0 cm³/mol. The number of ether oxygens (including phenoxy) is 1. The van der Waals surface area contributed by atoms with E-state index in [-0.39, 0.29) is 0 Å². The van der Waals surface area contributed by atoms with Crippen LogP contribution in [0.4, 0.5) is 0 Å². The van der Waals surface area contributed by atoms with Crippen molar-refractivity contribution < 1.29 is 4.74 Å². The quantitative estimate of drug-likeness (QED) is 0.820. The normalized spacial score (nSPS) is 18.5. The third kappa shape index (κ3) is 3.84. The molecule has 1 aliphatic heterocycles. The van der Waals surface area contributed by atoms with Gasteiger partial charge < -0.3 is 4.74 Å². The van der Waals surface area contributed by atoms with Crippen molar-refractivity contribution in [1.82, 2.24) is 19.9 Å². The highest BCUT2D eigenvalue weighted by Crippen LogP contribution is 2.21. The fourth-order valence-electron chi connectivity index (χ4n) is 2.52. The minimum atomic E-state index is 0.667. The maximum absolute atomic E-state index is 5.46. The summed E-state index contributed by atoms with van der Waals surface area (Å²) in [6.45, 7) is 7.02. The molecule has 1 aliphatic rings. The smallest absolute Gasteiger partial charge is 0.188 e. The predicted octanol–water partition coefficient (Wildman–Crippen LogP) is 2.46. The molecule has 0 amide bonds. The molecule has 2 aromatic heterocycles. The highest BCUT2D eigenvalue weighted by atomic mass is 32.1. The lowest BCUT2D eigenvalue weighted by Gasteiger charge is -2.22. The minimum Gasteiger partial charge on any atom is -0.381 e. The van der Waals surface area contributed by atoms with Gasteiger partial charge in [-0.15, -0.1) is 11.3 Å². The molecular formula is C15H20N4OS. The highest BCUT2D eigenvalue weighted by molar-refractivity contribution is 7.13. The van der Waals surface area contributed by atoms with E-state index in [9.17, 15) is 0 Å². The molecule has 1 fully saturated rings. The first kappa shape index (κ1) is 14.6. The van der Waals surface area contributed by atoms with Crippen LogP contribution in [0.3, 0.4) is 0 Å². The van der Waals surface area contributed by atoms with Gasteiger partial charge in [-0.05, 0) is 24.9 Å². The molecule has 0 radical (unpaired) electrons. The first-order chi connectivity index (χ1) is 10.3. The molecule has 0 aliphatic carbocycles. The van der Waals surface area contributed by atoms with E-state index in [1.165, 1.54) is 6.42 Å². The topological polar surface area (TPSA) is 51.1 Å². The summed E-state index contributed by atoms with van der Waals surface area (Å²) in [5.74, 6) is 1.38. The number of rotatable bonds is 6. The van der Waals surface area contributed by atoms with Crippen LogP contribution >= 0.6 is 11.3 Å². The summed E-state index contributed by atoms with van der Waals surface area (Å²) in [6.07, 6.45) is 4.68. The average molecular weight is 304 g/mol. The van der Waals surface area contributed by atoms with E-state index in [1.807, 2.05) is 6.07 Å². The van der Waals surface area contributed by atoms with Crippen molar-refractivity contribution in [3.05, 3.63) is 29.5 Å². The Bertz CT molecular complexity index is 554. The van der Waals surface area contributed by atoms with Gasteiger partial charge in [-0.3, -0.25) is 4.90 Å². The van der Waals surface area contributed by atoms with E-state index in [0.717, 1.165) is 43.5 Å². The molecule has 0 spiro atoms. The first-order valence-corrected chi connectivity index (χ1v) is 8.25. The number of hydrogen-bond donors (Lipinski definition) is 0. The van der Waals surface area contributed by atoms with E-state index in [2.05, 4.69) is 32.2 Å². The van der Waals surface area contributed by atoms with Crippen LogP contribution in [0, 0.1) is 5.92 Å². The molecule has 0 bridgehead atoms. The second kappa shape index (κ2) is 7.06. The Morgan fingerprint density at radius 2 is 2.24 bits per heavy atom. The van der Waals surface area contributed by atoms with E-state index in [4.69, 9.17) is 4.74 Å². The van der Waals surface area contributed by atoms with Gasteiger partial charge in [0.05, 0.1) is 12.3 Å². The summed E-state index contributed by atoms with van der Waals surface area (Å²) >= 11 is 1.61. The molecule has 3 heterocycles. The van der Waals surface area contributed by atoms with Gasteiger partial charge in [-0.1, -0.05) is 6.92 Å². The number of aromatic nitrogens is 3. The van der Waals surface area contributed by atoms with Crippen LogP contribution in [-0.4, -0.2) is 46.2 Å². The summed E-state index contributed by atoms with van der Waals surface area (Å²) in [7, 11) is 0. The van der Waals surface area contributed by atoms with Gasteiger partial charge in [0, 0.05) is 37.5 Å². The summed E-state index contributed by atoms with van der Waals surface area (Å²) in [4.78, 5) is 15.6. The number of nitrogens with zero attached hydrogens (tertiary/aromatic N) is 4. The molecule has 6 heteroatoms. The first-order valence-electron chi connectivity index (χ1n) is 7.37. The summed E-state index contributed by atoms with van der Waals surface area (Å²) in [6, 6.07) is 1.82. The average Bonchev–Trinajstić information content (AvgIpc) is 3.19. The van der Waals surface area contributed by atoms with Gasteiger partial charge in [0.2, 0.25) is 0 Å². The van der Waals surface area contributed by atoms with Gasteiger partial charge in [-0.2, -0.15) is 0 Å². The van der Waals surface area contributed by atoms with E-state index in [0.29, 0.717) is 11.7 Å². The van der Waals surface area contributed by atoms with Crippen LogP contribution in [0.15, 0.2) is 23.8 Å². The standard InChI is InChI=1S/C15H20N4OS/c1-2-19(8-12-4-7-20-10-12)9-13-11-21-15(18-13)14-16-5-3-6-17-14/h3,5-6,11-12H,2,4,7-10H2,1H3/t12-/m1/s1. The van der Waals surface area contributed by atoms with Crippen LogP contribution in [0.5, 0.6) is 0 Å². The SMILES string of the molecule is CCN(Cc1csc(-c2ncccn2)n1)C[C@H]1CCOC1. The molecule has 112 valence electrons. The Labute approximate surface area is 129 Å². The van der Waals surface area contributed by atoms with Gasteiger partial charge in [0.1, 0.15) is 0 Å². The van der Waals surface area contributed by atoms with Crippen LogP contribution < -0.4 is 0 Å². The van der Waals surface area contributed by atoms with E-state index < -0.39 is 0 Å². The lowest BCUT2D eigenvalue weighted by molar-refractivity contribution is 0.166. The zero-order valence-corrected chi connectivity index (χ0v) is 13.1.